The first-order valence-electron chi connectivity index (χ1n) is 10.0. The van der Waals surface area contributed by atoms with Crippen LogP contribution in [-0.2, 0) is 17.6 Å². The summed E-state index contributed by atoms with van der Waals surface area (Å²) < 4.78 is 0. The Labute approximate surface area is 163 Å². The summed E-state index contributed by atoms with van der Waals surface area (Å²) in [6.45, 7) is 6.40. The first kappa shape index (κ1) is 19.6. The highest BCUT2D eigenvalue weighted by Crippen LogP contribution is 2.19. The second-order valence-electron chi connectivity index (χ2n) is 7.76. The van der Waals surface area contributed by atoms with Gasteiger partial charge in [0.1, 0.15) is 0 Å². The van der Waals surface area contributed by atoms with Crippen molar-refractivity contribution in [2.24, 2.45) is 5.92 Å². The van der Waals surface area contributed by atoms with Crippen LogP contribution in [-0.4, -0.2) is 53.9 Å². The summed E-state index contributed by atoms with van der Waals surface area (Å²) in [7, 11) is 1.93. The molecule has 0 bridgehead atoms. The minimum Gasteiger partial charge on any atom is -0.345 e. The van der Waals surface area contributed by atoms with Crippen LogP contribution in [0.2, 0.25) is 0 Å². The molecular formula is C23H31N3O. The molecule has 0 N–H and O–H groups in total. The molecule has 4 nitrogen and oxygen atoms in total. The lowest BCUT2D eigenvalue weighted by Crippen LogP contribution is -2.42. The molecule has 1 aliphatic heterocycles. The first-order chi connectivity index (χ1) is 13.1. The molecule has 1 aliphatic rings. The van der Waals surface area contributed by atoms with Gasteiger partial charge in [-0.15, -0.1) is 0 Å². The number of likely N-dealkylation sites (tertiary alicyclic amines) is 1. The van der Waals surface area contributed by atoms with Crippen molar-refractivity contribution in [3.05, 3.63) is 65.5 Å². The van der Waals surface area contributed by atoms with E-state index in [9.17, 15) is 4.79 Å². The third kappa shape index (κ3) is 5.90. The van der Waals surface area contributed by atoms with E-state index in [4.69, 9.17) is 0 Å². The number of carbonyl (C=O) groups excluding carboxylic acids is 1. The van der Waals surface area contributed by atoms with E-state index in [1.54, 1.807) is 6.20 Å². The summed E-state index contributed by atoms with van der Waals surface area (Å²) >= 11 is 0. The minimum atomic E-state index is 0.158. The molecular weight excluding hydrogens is 334 g/mol. The maximum atomic E-state index is 12.5. The molecule has 2 aromatic rings. The summed E-state index contributed by atoms with van der Waals surface area (Å²) in [5, 5.41) is 0. The van der Waals surface area contributed by atoms with Crippen LogP contribution in [0, 0.1) is 12.8 Å². The number of pyridine rings is 1. The maximum Gasteiger partial charge on any atom is 0.228 e. The zero-order valence-corrected chi connectivity index (χ0v) is 16.6. The monoisotopic (exact) mass is 365 g/mol. The molecule has 1 amide bonds. The number of piperidine rings is 1. The molecule has 1 atom stereocenters. The summed E-state index contributed by atoms with van der Waals surface area (Å²) in [5.74, 6) is 0.721. The predicted molar refractivity (Wildman–Crippen MR) is 110 cm³/mol. The molecule has 2 heterocycles. The van der Waals surface area contributed by atoms with Gasteiger partial charge in [-0.05, 0) is 61.9 Å². The molecule has 1 saturated heterocycles. The van der Waals surface area contributed by atoms with Gasteiger partial charge in [-0.3, -0.25) is 9.78 Å². The maximum absolute atomic E-state index is 12.5. The topological polar surface area (TPSA) is 36.4 Å². The molecule has 144 valence electrons. The molecule has 4 heteroatoms. The summed E-state index contributed by atoms with van der Waals surface area (Å²) in [5.41, 5.74) is 3.67. The lowest BCUT2D eigenvalue weighted by atomic mass is 9.96. The minimum absolute atomic E-state index is 0.158. The number of rotatable bonds is 7. The molecule has 1 aromatic heterocycles. The third-order valence-corrected chi connectivity index (χ3v) is 5.58. The molecule has 1 fully saturated rings. The van der Waals surface area contributed by atoms with E-state index in [0.717, 1.165) is 31.7 Å². The molecule has 0 saturated carbocycles. The van der Waals surface area contributed by atoms with Gasteiger partial charge >= 0.3 is 0 Å². The second kappa shape index (κ2) is 9.65. The second-order valence-corrected chi connectivity index (χ2v) is 7.76. The number of likely N-dealkylation sites (N-methyl/N-ethyl adjacent to an activating group) is 1. The SMILES string of the molecule is Cc1ccccc1CCN1CCC[C@@H](CN(C)C(=O)Cc2ccccn2)C1. The Morgan fingerprint density at radius 1 is 1.22 bits per heavy atom. The van der Waals surface area contributed by atoms with Crippen LogP contribution in [0.3, 0.4) is 0 Å². The van der Waals surface area contributed by atoms with Crippen LogP contribution < -0.4 is 0 Å². The largest absolute Gasteiger partial charge is 0.345 e. The molecule has 0 radical (unpaired) electrons. The summed E-state index contributed by atoms with van der Waals surface area (Å²) in [6.07, 6.45) is 5.67. The van der Waals surface area contributed by atoms with Crippen molar-refractivity contribution >= 4 is 5.91 Å². The normalized spacial score (nSPS) is 17.6. The van der Waals surface area contributed by atoms with Gasteiger partial charge in [-0.2, -0.15) is 0 Å². The van der Waals surface area contributed by atoms with Crippen LogP contribution in [0.25, 0.3) is 0 Å². The van der Waals surface area contributed by atoms with Gasteiger partial charge in [-0.25, -0.2) is 0 Å². The highest BCUT2D eigenvalue weighted by Gasteiger charge is 2.22. The highest BCUT2D eigenvalue weighted by molar-refractivity contribution is 5.78. The number of hydrogen-bond donors (Lipinski definition) is 0. The van der Waals surface area contributed by atoms with Gasteiger partial charge in [-0.1, -0.05) is 30.3 Å². The first-order valence-corrected chi connectivity index (χ1v) is 10.0. The number of carbonyl (C=O) groups is 1. The van der Waals surface area contributed by atoms with Crippen molar-refractivity contribution in [2.45, 2.75) is 32.6 Å². The summed E-state index contributed by atoms with van der Waals surface area (Å²) in [6, 6.07) is 14.4. The van der Waals surface area contributed by atoms with E-state index in [1.807, 2.05) is 30.1 Å². The standard InChI is InChI=1S/C23H31N3O/c1-19-8-3-4-10-21(19)12-15-26-14-7-9-20(18-26)17-25(2)23(27)16-22-11-5-6-13-24-22/h3-6,8,10-11,13,20H,7,9,12,14-18H2,1-2H3/t20-/m0/s1. The number of amides is 1. The van der Waals surface area contributed by atoms with Gasteiger partial charge in [0.25, 0.3) is 0 Å². The van der Waals surface area contributed by atoms with Crippen LogP contribution in [0.4, 0.5) is 0 Å². The molecule has 1 aromatic carbocycles. The quantitative estimate of drug-likeness (QED) is 0.755. The van der Waals surface area contributed by atoms with Crippen LogP contribution in [0.1, 0.15) is 29.7 Å². The average molecular weight is 366 g/mol. The van der Waals surface area contributed by atoms with Crippen molar-refractivity contribution in [3.8, 4) is 0 Å². The van der Waals surface area contributed by atoms with Gasteiger partial charge < -0.3 is 9.80 Å². The number of aromatic nitrogens is 1. The molecule has 3 rings (SSSR count). The number of aryl methyl sites for hydroxylation is 1. The van der Waals surface area contributed by atoms with Crippen molar-refractivity contribution in [1.29, 1.82) is 0 Å². The smallest absolute Gasteiger partial charge is 0.228 e. The molecule has 27 heavy (non-hydrogen) atoms. The Hall–Kier alpha value is -2.20. The Morgan fingerprint density at radius 2 is 2.04 bits per heavy atom. The lowest BCUT2D eigenvalue weighted by molar-refractivity contribution is -0.130. The fourth-order valence-corrected chi connectivity index (χ4v) is 3.95. The number of nitrogens with zero attached hydrogens (tertiary/aromatic N) is 3. The van der Waals surface area contributed by atoms with E-state index in [-0.39, 0.29) is 5.91 Å². The highest BCUT2D eigenvalue weighted by atomic mass is 16.2. The Morgan fingerprint density at radius 3 is 2.81 bits per heavy atom. The van der Waals surface area contributed by atoms with Gasteiger partial charge in [0, 0.05) is 38.6 Å². The fraction of sp³-hybridized carbons (Fsp3) is 0.478. The van der Waals surface area contributed by atoms with E-state index in [0.29, 0.717) is 12.3 Å². The van der Waals surface area contributed by atoms with Gasteiger partial charge in [0.05, 0.1) is 6.42 Å². The van der Waals surface area contributed by atoms with E-state index in [1.165, 1.54) is 30.5 Å². The Balaban J connectivity index is 1.46. The summed E-state index contributed by atoms with van der Waals surface area (Å²) in [4.78, 5) is 21.2. The van der Waals surface area contributed by atoms with Crippen LogP contribution >= 0.6 is 0 Å². The lowest BCUT2D eigenvalue weighted by Gasteiger charge is -2.34. The van der Waals surface area contributed by atoms with Crippen LogP contribution in [0.5, 0.6) is 0 Å². The Bertz CT molecular complexity index is 731. The molecule has 0 aliphatic carbocycles. The number of hydrogen-bond acceptors (Lipinski definition) is 3. The van der Waals surface area contributed by atoms with Crippen molar-refractivity contribution in [3.63, 3.8) is 0 Å². The fourth-order valence-electron chi connectivity index (χ4n) is 3.95. The third-order valence-electron chi connectivity index (χ3n) is 5.58. The zero-order valence-electron chi connectivity index (χ0n) is 16.6. The van der Waals surface area contributed by atoms with Crippen molar-refractivity contribution in [1.82, 2.24) is 14.8 Å². The van der Waals surface area contributed by atoms with E-state index >= 15 is 0 Å². The number of benzene rings is 1. The van der Waals surface area contributed by atoms with Gasteiger partial charge in [0.15, 0.2) is 0 Å². The predicted octanol–water partition coefficient (Wildman–Crippen LogP) is 3.35. The van der Waals surface area contributed by atoms with E-state index < -0.39 is 0 Å². The average Bonchev–Trinajstić information content (AvgIpc) is 2.68. The molecule has 0 spiro atoms. The van der Waals surface area contributed by atoms with E-state index in [2.05, 4.69) is 41.1 Å². The molecule has 0 unspecified atom stereocenters. The van der Waals surface area contributed by atoms with Gasteiger partial charge in [0.2, 0.25) is 5.91 Å². The van der Waals surface area contributed by atoms with Crippen LogP contribution in [0.15, 0.2) is 48.7 Å². The Kier molecular flexibility index (Phi) is 6.99. The van der Waals surface area contributed by atoms with Crippen molar-refractivity contribution < 1.29 is 4.79 Å². The van der Waals surface area contributed by atoms with Crippen molar-refractivity contribution in [2.75, 3.05) is 33.2 Å². The zero-order chi connectivity index (χ0) is 19.1.